The lowest BCUT2D eigenvalue weighted by atomic mass is 10.0. The van der Waals surface area contributed by atoms with Gasteiger partial charge in [0.2, 0.25) is 0 Å². The molecule has 0 aliphatic carbocycles. The van der Waals surface area contributed by atoms with E-state index < -0.39 is 5.97 Å². The van der Waals surface area contributed by atoms with Gasteiger partial charge in [0.15, 0.2) is 0 Å². The van der Waals surface area contributed by atoms with Gasteiger partial charge in [-0.1, -0.05) is 6.92 Å². The number of likely N-dealkylation sites (N-methyl/N-ethyl adjacent to an activating group) is 1. The normalized spacial score (nSPS) is 22.8. The molecule has 2 atom stereocenters. The molecule has 1 aliphatic heterocycles. The molecule has 0 saturated carbocycles. The van der Waals surface area contributed by atoms with E-state index in [0.29, 0.717) is 12.5 Å². The number of rotatable bonds is 4. The Kier molecular flexibility index (Phi) is 3.47. The van der Waals surface area contributed by atoms with Gasteiger partial charge in [-0.25, -0.2) is 0 Å². The Labute approximate surface area is 101 Å². The lowest BCUT2D eigenvalue weighted by molar-refractivity contribution is -0.141. The van der Waals surface area contributed by atoms with Crippen molar-refractivity contribution < 1.29 is 9.90 Å². The summed E-state index contributed by atoms with van der Waals surface area (Å²) in [5.41, 5.74) is 1.01. The average molecular weight is 237 g/mol. The van der Waals surface area contributed by atoms with E-state index in [1.807, 2.05) is 10.9 Å². The number of hydrogen-bond donors (Lipinski definition) is 1. The van der Waals surface area contributed by atoms with Crippen LogP contribution in [0.3, 0.4) is 0 Å². The summed E-state index contributed by atoms with van der Waals surface area (Å²) in [5.74, 6) is -1.10. The van der Waals surface area contributed by atoms with Gasteiger partial charge in [-0.3, -0.25) is 9.48 Å². The smallest absolute Gasteiger partial charge is 0.306 e. The van der Waals surface area contributed by atoms with Crippen LogP contribution >= 0.6 is 0 Å². The van der Waals surface area contributed by atoms with E-state index in [9.17, 15) is 4.79 Å². The van der Waals surface area contributed by atoms with Crippen molar-refractivity contribution in [2.75, 3.05) is 20.1 Å². The molecule has 0 bridgehead atoms. The Morgan fingerprint density at radius 2 is 2.47 bits per heavy atom. The van der Waals surface area contributed by atoms with Crippen LogP contribution in [-0.2, 0) is 11.2 Å². The summed E-state index contributed by atoms with van der Waals surface area (Å²) in [4.78, 5) is 13.1. The van der Waals surface area contributed by atoms with Crippen LogP contribution in [0.1, 0.15) is 24.9 Å². The molecule has 0 radical (unpaired) electrons. The molecule has 1 fully saturated rings. The van der Waals surface area contributed by atoms with Crippen LogP contribution in [0.2, 0.25) is 0 Å². The zero-order chi connectivity index (χ0) is 12.4. The standard InChI is InChI=1S/C12H19N3O2/c1-9(12(16)17)5-10-6-13-15(7-10)11-3-4-14(2)8-11/h6-7,9,11H,3-5,8H2,1-2H3,(H,16,17). The number of carboxylic acids is 1. The van der Waals surface area contributed by atoms with Crippen molar-refractivity contribution in [1.82, 2.24) is 14.7 Å². The summed E-state index contributed by atoms with van der Waals surface area (Å²) in [5, 5.41) is 13.2. The summed E-state index contributed by atoms with van der Waals surface area (Å²) in [6.45, 7) is 3.85. The van der Waals surface area contributed by atoms with Crippen molar-refractivity contribution in [1.29, 1.82) is 0 Å². The van der Waals surface area contributed by atoms with E-state index >= 15 is 0 Å². The minimum absolute atomic E-state index is 0.348. The highest BCUT2D eigenvalue weighted by Crippen LogP contribution is 2.20. The fourth-order valence-corrected chi connectivity index (χ4v) is 2.25. The third-order valence-electron chi connectivity index (χ3n) is 3.36. The number of aromatic nitrogens is 2. The second-order valence-corrected chi connectivity index (χ2v) is 4.98. The van der Waals surface area contributed by atoms with Crippen molar-refractivity contribution in [3.8, 4) is 0 Å². The van der Waals surface area contributed by atoms with Gasteiger partial charge in [0.05, 0.1) is 18.2 Å². The topological polar surface area (TPSA) is 58.4 Å². The second kappa shape index (κ2) is 4.87. The highest BCUT2D eigenvalue weighted by Gasteiger charge is 2.22. The van der Waals surface area contributed by atoms with E-state index in [1.165, 1.54) is 0 Å². The first-order valence-corrected chi connectivity index (χ1v) is 6.00. The third-order valence-corrected chi connectivity index (χ3v) is 3.36. The largest absolute Gasteiger partial charge is 0.481 e. The molecule has 94 valence electrons. The first-order valence-electron chi connectivity index (χ1n) is 6.00. The number of likely N-dealkylation sites (tertiary alicyclic amines) is 1. The van der Waals surface area contributed by atoms with Crippen molar-refractivity contribution in [3.63, 3.8) is 0 Å². The monoisotopic (exact) mass is 237 g/mol. The van der Waals surface area contributed by atoms with E-state index in [0.717, 1.165) is 25.1 Å². The van der Waals surface area contributed by atoms with Gasteiger partial charge in [-0.15, -0.1) is 0 Å². The van der Waals surface area contributed by atoms with Crippen LogP contribution in [0.15, 0.2) is 12.4 Å². The fraction of sp³-hybridized carbons (Fsp3) is 0.667. The zero-order valence-electron chi connectivity index (χ0n) is 10.3. The summed E-state index contributed by atoms with van der Waals surface area (Å²) in [6.07, 6.45) is 5.45. The van der Waals surface area contributed by atoms with Crippen molar-refractivity contribution >= 4 is 5.97 Å². The van der Waals surface area contributed by atoms with Crippen LogP contribution in [-0.4, -0.2) is 45.9 Å². The molecule has 1 aliphatic rings. The van der Waals surface area contributed by atoms with Crippen molar-refractivity contribution in [2.45, 2.75) is 25.8 Å². The number of aliphatic carboxylic acids is 1. The van der Waals surface area contributed by atoms with Gasteiger partial charge >= 0.3 is 5.97 Å². The molecule has 2 rings (SSSR count). The van der Waals surface area contributed by atoms with Gasteiger partial charge in [0.1, 0.15) is 0 Å². The van der Waals surface area contributed by atoms with Crippen LogP contribution in [0.25, 0.3) is 0 Å². The molecule has 1 aromatic heterocycles. The summed E-state index contributed by atoms with van der Waals surface area (Å²) in [7, 11) is 2.11. The molecule has 0 amide bonds. The maximum atomic E-state index is 10.8. The van der Waals surface area contributed by atoms with E-state index in [1.54, 1.807) is 13.1 Å². The molecule has 1 saturated heterocycles. The van der Waals surface area contributed by atoms with E-state index in [-0.39, 0.29) is 5.92 Å². The number of carboxylic acid groups (broad SMARTS) is 1. The number of carbonyl (C=O) groups is 1. The first kappa shape index (κ1) is 12.1. The van der Waals surface area contributed by atoms with Crippen LogP contribution in [0, 0.1) is 5.92 Å². The molecule has 0 aromatic carbocycles. The van der Waals surface area contributed by atoms with Gasteiger partial charge in [-0.2, -0.15) is 5.10 Å². The number of hydrogen-bond acceptors (Lipinski definition) is 3. The molecule has 17 heavy (non-hydrogen) atoms. The lowest BCUT2D eigenvalue weighted by Gasteiger charge is -2.10. The molecule has 0 spiro atoms. The van der Waals surface area contributed by atoms with Crippen molar-refractivity contribution in [3.05, 3.63) is 18.0 Å². The molecular weight excluding hydrogens is 218 g/mol. The Bertz CT molecular complexity index is 402. The Morgan fingerprint density at radius 1 is 1.71 bits per heavy atom. The highest BCUT2D eigenvalue weighted by molar-refractivity contribution is 5.69. The molecule has 2 unspecified atom stereocenters. The van der Waals surface area contributed by atoms with Crippen LogP contribution < -0.4 is 0 Å². The minimum atomic E-state index is -0.752. The Balaban J connectivity index is 1.98. The maximum Gasteiger partial charge on any atom is 0.306 e. The van der Waals surface area contributed by atoms with Gasteiger partial charge < -0.3 is 10.0 Å². The maximum absolute atomic E-state index is 10.8. The quantitative estimate of drug-likeness (QED) is 0.849. The lowest BCUT2D eigenvalue weighted by Crippen LogP contribution is -2.16. The molecule has 2 heterocycles. The summed E-state index contributed by atoms with van der Waals surface area (Å²) < 4.78 is 1.98. The fourth-order valence-electron chi connectivity index (χ4n) is 2.25. The van der Waals surface area contributed by atoms with Crippen LogP contribution in [0.5, 0.6) is 0 Å². The molecule has 1 N–H and O–H groups in total. The van der Waals surface area contributed by atoms with Gasteiger partial charge in [0, 0.05) is 12.7 Å². The Hall–Kier alpha value is -1.36. The molecule has 1 aromatic rings. The third kappa shape index (κ3) is 2.85. The SMILES string of the molecule is CC(Cc1cnn(C2CCN(C)C2)c1)C(=O)O. The first-order chi connectivity index (χ1) is 8.06. The number of nitrogens with zero attached hydrogens (tertiary/aromatic N) is 3. The van der Waals surface area contributed by atoms with E-state index in [4.69, 9.17) is 5.11 Å². The summed E-state index contributed by atoms with van der Waals surface area (Å²) in [6, 6.07) is 0.439. The predicted octanol–water partition coefficient (Wildman–Crippen LogP) is 1.02. The van der Waals surface area contributed by atoms with E-state index in [2.05, 4.69) is 17.0 Å². The summed E-state index contributed by atoms with van der Waals surface area (Å²) >= 11 is 0. The molecular formula is C12H19N3O2. The van der Waals surface area contributed by atoms with Gasteiger partial charge in [0.25, 0.3) is 0 Å². The highest BCUT2D eigenvalue weighted by atomic mass is 16.4. The van der Waals surface area contributed by atoms with Crippen molar-refractivity contribution in [2.24, 2.45) is 5.92 Å². The van der Waals surface area contributed by atoms with Gasteiger partial charge in [-0.05, 0) is 32.0 Å². The van der Waals surface area contributed by atoms with Crippen LogP contribution in [0.4, 0.5) is 0 Å². The molecule has 5 heteroatoms. The zero-order valence-corrected chi connectivity index (χ0v) is 10.3. The predicted molar refractivity (Wildman–Crippen MR) is 63.9 cm³/mol. The second-order valence-electron chi connectivity index (χ2n) is 4.98. The molecule has 5 nitrogen and oxygen atoms in total. The minimum Gasteiger partial charge on any atom is -0.481 e. The average Bonchev–Trinajstić information content (AvgIpc) is 2.86. The Morgan fingerprint density at radius 3 is 3.06 bits per heavy atom.